The van der Waals surface area contributed by atoms with Gasteiger partial charge in [0.1, 0.15) is 5.82 Å². The molecule has 3 aromatic rings. The summed E-state index contributed by atoms with van der Waals surface area (Å²) in [5.41, 5.74) is 3.47. The van der Waals surface area contributed by atoms with E-state index in [4.69, 9.17) is 0 Å². The van der Waals surface area contributed by atoms with E-state index in [9.17, 15) is 0 Å². The number of aromatic nitrogens is 2. The van der Waals surface area contributed by atoms with Crippen LogP contribution in [0, 0.1) is 6.92 Å². The molecule has 0 radical (unpaired) electrons. The first-order valence-corrected chi connectivity index (χ1v) is 8.14. The molecule has 3 rings (SSSR count). The van der Waals surface area contributed by atoms with Gasteiger partial charge >= 0.3 is 0 Å². The van der Waals surface area contributed by atoms with Crippen LogP contribution >= 0.6 is 15.9 Å². The summed E-state index contributed by atoms with van der Waals surface area (Å²) in [5, 5.41) is 6.54. The number of aryl methyl sites for hydroxylation is 1. The minimum absolute atomic E-state index is 0.571. The van der Waals surface area contributed by atoms with E-state index in [1.54, 1.807) is 6.20 Å². The minimum atomic E-state index is 0.571. The Morgan fingerprint density at radius 3 is 2.57 bits per heavy atom. The van der Waals surface area contributed by atoms with E-state index in [1.165, 1.54) is 11.1 Å². The van der Waals surface area contributed by atoms with Crippen LogP contribution in [-0.2, 0) is 6.54 Å². The van der Waals surface area contributed by atoms with Gasteiger partial charge in [-0.15, -0.1) is 0 Å². The predicted octanol–water partition coefficient (Wildman–Crippen LogP) is 4.90. The molecule has 0 saturated heterocycles. The van der Waals surface area contributed by atoms with Crippen molar-refractivity contribution in [1.29, 1.82) is 0 Å². The zero-order valence-corrected chi connectivity index (χ0v) is 14.3. The highest BCUT2D eigenvalue weighted by Gasteiger charge is 2.02. The molecule has 116 valence electrons. The van der Waals surface area contributed by atoms with Crippen molar-refractivity contribution in [3.05, 3.63) is 76.4 Å². The number of nitrogens with zero attached hydrogens (tertiary/aromatic N) is 2. The Balaban J connectivity index is 1.67. The van der Waals surface area contributed by atoms with Gasteiger partial charge < -0.3 is 10.6 Å². The second-order valence-corrected chi connectivity index (χ2v) is 6.09. The smallest absolute Gasteiger partial charge is 0.229 e. The summed E-state index contributed by atoms with van der Waals surface area (Å²) in [7, 11) is 0. The zero-order valence-electron chi connectivity index (χ0n) is 12.8. The second kappa shape index (κ2) is 7.24. The lowest BCUT2D eigenvalue weighted by Gasteiger charge is -2.10. The summed E-state index contributed by atoms with van der Waals surface area (Å²) >= 11 is 3.42. The van der Waals surface area contributed by atoms with Crippen molar-refractivity contribution in [1.82, 2.24) is 9.97 Å². The fraction of sp³-hybridized carbons (Fsp3) is 0.111. The normalized spacial score (nSPS) is 10.3. The third-order valence-corrected chi connectivity index (χ3v) is 4.01. The molecule has 2 N–H and O–H groups in total. The van der Waals surface area contributed by atoms with Crippen LogP contribution < -0.4 is 10.6 Å². The molecule has 1 aromatic heterocycles. The predicted molar refractivity (Wildman–Crippen MR) is 98.0 cm³/mol. The van der Waals surface area contributed by atoms with Crippen LogP contribution in [0.4, 0.5) is 17.5 Å². The molecule has 0 aliphatic heterocycles. The average molecular weight is 369 g/mol. The molecular formula is C18H17BrN4. The lowest BCUT2D eigenvalue weighted by molar-refractivity contribution is 1.07. The van der Waals surface area contributed by atoms with Gasteiger partial charge in [0.25, 0.3) is 0 Å². The van der Waals surface area contributed by atoms with Crippen molar-refractivity contribution in [2.75, 3.05) is 10.6 Å². The van der Waals surface area contributed by atoms with Gasteiger partial charge in [-0.3, -0.25) is 0 Å². The average Bonchev–Trinajstić information content (AvgIpc) is 2.57. The van der Waals surface area contributed by atoms with E-state index in [0.717, 1.165) is 22.5 Å². The van der Waals surface area contributed by atoms with Crippen molar-refractivity contribution in [3.8, 4) is 0 Å². The Kier molecular flexibility index (Phi) is 4.88. The topological polar surface area (TPSA) is 49.8 Å². The van der Waals surface area contributed by atoms with Gasteiger partial charge in [-0.05, 0) is 48.4 Å². The van der Waals surface area contributed by atoms with Crippen LogP contribution in [0.2, 0.25) is 0 Å². The SMILES string of the molecule is Cc1ccccc1CNc1ccnc(Nc2ccc(Br)cc2)n1. The lowest BCUT2D eigenvalue weighted by Crippen LogP contribution is -2.05. The lowest BCUT2D eigenvalue weighted by atomic mass is 10.1. The third kappa shape index (κ3) is 4.29. The number of hydrogen-bond donors (Lipinski definition) is 2. The van der Waals surface area contributed by atoms with Crippen molar-refractivity contribution in [2.24, 2.45) is 0 Å². The molecule has 4 nitrogen and oxygen atoms in total. The van der Waals surface area contributed by atoms with E-state index in [1.807, 2.05) is 42.5 Å². The first kappa shape index (κ1) is 15.5. The van der Waals surface area contributed by atoms with Crippen LogP contribution in [-0.4, -0.2) is 9.97 Å². The first-order chi connectivity index (χ1) is 11.2. The van der Waals surface area contributed by atoms with Gasteiger partial charge in [-0.2, -0.15) is 4.98 Å². The van der Waals surface area contributed by atoms with Gasteiger partial charge in [0, 0.05) is 22.9 Å². The maximum absolute atomic E-state index is 4.49. The van der Waals surface area contributed by atoms with Gasteiger partial charge in [0.05, 0.1) is 0 Å². The molecule has 0 fully saturated rings. The van der Waals surface area contributed by atoms with Crippen LogP contribution in [0.5, 0.6) is 0 Å². The minimum Gasteiger partial charge on any atom is -0.366 e. The number of hydrogen-bond acceptors (Lipinski definition) is 4. The van der Waals surface area contributed by atoms with Crippen LogP contribution in [0.1, 0.15) is 11.1 Å². The van der Waals surface area contributed by atoms with Crippen molar-refractivity contribution in [3.63, 3.8) is 0 Å². The van der Waals surface area contributed by atoms with E-state index in [-0.39, 0.29) is 0 Å². The van der Waals surface area contributed by atoms with Gasteiger partial charge in [0.15, 0.2) is 0 Å². The Labute approximate surface area is 144 Å². The van der Waals surface area contributed by atoms with Crippen LogP contribution in [0.15, 0.2) is 65.3 Å². The van der Waals surface area contributed by atoms with Crippen molar-refractivity contribution < 1.29 is 0 Å². The van der Waals surface area contributed by atoms with Crippen LogP contribution in [0.25, 0.3) is 0 Å². The zero-order chi connectivity index (χ0) is 16.1. The first-order valence-electron chi connectivity index (χ1n) is 7.35. The summed E-state index contributed by atoms with van der Waals surface area (Å²) in [6, 6.07) is 18.1. The molecule has 1 heterocycles. The van der Waals surface area contributed by atoms with E-state index in [0.29, 0.717) is 5.95 Å². The van der Waals surface area contributed by atoms with E-state index in [2.05, 4.69) is 55.6 Å². The molecule has 0 aliphatic rings. The molecule has 0 bridgehead atoms. The fourth-order valence-corrected chi connectivity index (χ4v) is 2.44. The molecule has 0 unspecified atom stereocenters. The highest BCUT2D eigenvalue weighted by Crippen LogP contribution is 2.18. The Morgan fingerprint density at radius 2 is 1.78 bits per heavy atom. The molecule has 23 heavy (non-hydrogen) atoms. The van der Waals surface area contributed by atoms with Crippen LogP contribution in [0.3, 0.4) is 0 Å². The Morgan fingerprint density at radius 1 is 1.00 bits per heavy atom. The largest absolute Gasteiger partial charge is 0.366 e. The molecule has 2 aromatic carbocycles. The molecule has 0 aliphatic carbocycles. The van der Waals surface area contributed by atoms with Crippen molar-refractivity contribution in [2.45, 2.75) is 13.5 Å². The summed E-state index contributed by atoms with van der Waals surface area (Å²) in [4.78, 5) is 8.75. The summed E-state index contributed by atoms with van der Waals surface area (Å²) in [5.74, 6) is 1.37. The number of rotatable bonds is 5. The highest BCUT2D eigenvalue weighted by molar-refractivity contribution is 9.10. The van der Waals surface area contributed by atoms with Gasteiger partial charge in [0.2, 0.25) is 5.95 Å². The summed E-state index contributed by atoms with van der Waals surface area (Å²) in [6.07, 6.45) is 1.74. The van der Waals surface area contributed by atoms with E-state index >= 15 is 0 Å². The maximum atomic E-state index is 4.49. The monoisotopic (exact) mass is 368 g/mol. The fourth-order valence-electron chi connectivity index (χ4n) is 2.17. The second-order valence-electron chi connectivity index (χ2n) is 5.18. The molecule has 0 atom stereocenters. The molecule has 0 spiro atoms. The number of halogens is 1. The standard InChI is InChI=1S/C18H17BrN4/c1-13-4-2-3-5-14(13)12-21-17-10-11-20-18(23-17)22-16-8-6-15(19)7-9-16/h2-11H,12H2,1H3,(H2,20,21,22,23). The number of anilines is 3. The highest BCUT2D eigenvalue weighted by atomic mass is 79.9. The summed E-state index contributed by atoms with van der Waals surface area (Å²) in [6.45, 7) is 2.85. The van der Waals surface area contributed by atoms with Gasteiger partial charge in [-0.1, -0.05) is 40.2 Å². The molecule has 5 heteroatoms. The Bertz CT molecular complexity index is 787. The number of benzene rings is 2. The quantitative estimate of drug-likeness (QED) is 0.672. The van der Waals surface area contributed by atoms with Crippen molar-refractivity contribution >= 4 is 33.4 Å². The third-order valence-electron chi connectivity index (χ3n) is 3.48. The maximum Gasteiger partial charge on any atom is 0.229 e. The molecule has 0 amide bonds. The van der Waals surface area contributed by atoms with Gasteiger partial charge in [-0.25, -0.2) is 4.98 Å². The molecular weight excluding hydrogens is 352 g/mol. The van der Waals surface area contributed by atoms with E-state index < -0.39 is 0 Å². The Hall–Kier alpha value is -2.40. The molecule has 0 saturated carbocycles. The number of nitrogens with one attached hydrogen (secondary N) is 2. The summed E-state index contributed by atoms with van der Waals surface area (Å²) < 4.78 is 1.04.